The molecule has 0 radical (unpaired) electrons. The van der Waals surface area contributed by atoms with E-state index in [1.807, 2.05) is 0 Å². The quantitative estimate of drug-likeness (QED) is 0.626. The smallest absolute Gasteiger partial charge is 0.155 e. The molecule has 0 aliphatic rings. The van der Waals surface area contributed by atoms with Gasteiger partial charge in [-0.1, -0.05) is 6.08 Å². The maximum absolute atomic E-state index is 10.7. The molecular weight excluding hydrogens is 174 g/mol. The van der Waals surface area contributed by atoms with E-state index in [4.69, 9.17) is 5.73 Å². The molecule has 0 unspecified atom stereocenters. The van der Waals surface area contributed by atoms with Crippen LogP contribution < -0.4 is 5.73 Å². The molecule has 10 heavy (non-hydrogen) atoms. The van der Waals surface area contributed by atoms with Crippen molar-refractivity contribution in [1.82, 2.24) is 0 Å². The molecule has 62 valence electrons. The van der Waals surface area contributed by atoms with Crippen LogP contribution in [0.25, 0.3) is 0 Å². The molecule has 0 heterocycles. The summed E-state index contributed by atoms with van der Waals surface area (Å²) in [4.78, 5) is 0. The van der Waals surface area contributed by atoms with Gasteiger partial charge in [-0.25, -0.2) is 8.42 Å². The van der Waals surface area contributed by atoms with Crippen molar-refractivity contribution in [3.63, 3.8) is 0 Å². The minimum atomic E-state index is -2.92. The van der Waals surface area contributed by atoms with Crippen molar-refractivity contribution < 1.29 is 8.42 Å². The lowest BCUT2D eigenvalue weighted by atomic mass is 10.8. The van der Waals surface area contributed by atoms with E-state index in [1.165, 1.54) is 6.08 Å². The van der Waals surface area contributed by atoms with E-state index in [0.29, 0.717) is 0 Å². The normalized spacial score (nSPS) is 10.1. The highest BCUT2D eigenvalue weighted by molar-refractivity contribution is 7.91. The number of rotatable bonds is 4. The van der Waals surface area contributed by atoms with Crippen molar-refractivity contribution in [3.8, 4) is 0 Å². The second-order valence-corrected chi connectivity index (χ2v) is 3.92. The number of hydrogen-bond acceptors (Lipinski definition) is 3. The minimum Gasteiger partial charge on any atom is -0.329 e. The molecule has 3 nitrogen and oxygen atoms in total. The second-order valence-electron chi connectivity index (χ2n) is 1.69. The Bertz CT molecular complexity index is 176. The number of halogens is 1. The fourth-order valence-electron chi connectivity index (χ4n) is 0.442. The zero-order valence-corrected chi connectivity index (χ0v) is 7.25. The first-order valence-corrected chi connectivity index (χ1v) is 4.46. The van der Waals surface area contributed by atoms with Crippen molar-refractivity contribution in [3.05, 3.63) is 12.7 Å². The Morgan fingerprint density at radius 1 is 1.50 bits per heavy atom. The second kappa shape index (κ2) is 5.70. The zero-order chi connectivity index (χ0) is 7.33. The van der Waals surface area contributed by atoms with E-state index >= 15 is 0 Å². The van der Waals surface area contributed by atoms with Crippen LogP contribution in [0, 0.1) is 0 Å². The van der Waals surface area contributed by atoms with Gasteiger partial charge in [0.1, 0.15) is 0 Å². The zero-order valence-electron chi connectivity index (χ0n) is 5.62. The lowest BCUT2D eigenvalue weighted by molar-refractivity contribution is 0.599. The molecule has 0 aromatic rings. The predicted molar refractivity (Wildman–Crippen MR) is 45.2 cm³/mol. The van der Waals surface area contributed by atoms with Crippen LogP contribution in [0.2, 0.25) is 0 Å². The van der Waals surface area contributed by atoms with Crippen LogP contribution in [0.4, 0.5) is 0 Å². The van der Waals surface area contributed by atoms with Gasteiger partial charge in [-0.2, -0.15) is 0 Å². The van der Waals surface area contributed by atoms with E-state index in [2.05, 4.69) is 6.58 Å². The summed E-state index contributed by atoms with van der Waals surface area (Å²) in [7, 11) is -2.92. The molecule has 0 aromatic heterocycles. The van der Waals surface area contributed by atoms with Gasteiger partial charge in [-0.05, 0) is 0 Å². The molecular formula is C5H12ClNO2S. The van der Waals surface area contributed by atoms with E-state index in [9.17, 15) is 8.42 Å². The molecule has 0 aromatic carbocycles. The third kappa shape index (κ3) is 6.07. The Hall–Kier alpha value is -0.0600. The van der Waals surface area contributed by atoms with Crippen molar-refractivity contribution in [2.45, 2.75) is 0 Å². The minimum absolute atomic E-state index is 0. The van der Waals surface area contributed by atoms with Gasteiger partial charge in [0.25, 0.3) is 0 Å². The van der Waals surface area contributed by atoms with E-state index in [0.717, 1.165) is 0 Å². The molecule has 2 N–H and O–H groups in total. The summed E-state index contributed by atoms with van der Waals surface area (Å²) in [5.74, 6) is 0.0865. The van der Waals surface area contributed by atoms with E-state index < -0.39 is 9.84 Å². The molecule has 0 saturated heterocycles. The molecule has 0 fully saturated rings. The van der Waals surface area contributed by atoms with Gasteiger partial charge in [0.05, 0.1) is 11.5 Å². The van der Waals surface area contributed by atoms with Gasteiger partial charge in [0.2, 0.25) is 0 Å². The standard InChI is InChI=1S/C5H11NO2S.ClH/c1-2-4-9(7,8)5-3-6;/h2H,1,3-6H2;1H. The Morgan fingerprint density at radius 2 is 2.00 bits per heavy atom. The van der Waals surface area contributed by atoms with Crippen LogP contribution in [-0.2, 0) is 9.84 Å². The SMILES string of the molecule is C=CCS(=O)(=O)CCN.Cl. The molecule has 0 amide bonds. The van der Waals surface area contributed by atoms with E-state index in [1.54, 1.807) is 0 Å². The Labute approximate surface area is 67.6 Å². The fraction of sp³-hybridized carbons (Fsp3) is 0.600. The van der Waals surface area contributed by atoms with Crippen LogP contribution in [-0.4, -0.2) is 26.5 Å². The topological polar surface area (TPSA) is 60.2 Å². The van der Waals surface area contributed by atoms with Gasteiger partial charge < -0.3 is 5.73 Å². The Kier molecular flexibility index (Phi) is 7.19. The molecule has 5 heteroatoms. The number of sulfone groups is 1. The van der Waals surface area contributed by atoms with Crippen LogP contribution in [0.3, 0.4) is 0 Å². The van der Waals surface area contributed by atoms with Crippen LogP contribution in [0.5, 0.6) is 0 Å². The van der Waals surface area contributed by atoms with Crippen molar-refractivity contribution in [1.29, 1.82) is 0 Å². The van der Waals surface area contributed by atoms with Gasteiger partial charge in [-0.3, -0.25) is 0 Å². The highest BCUT2D eigenvalue weighted by Gasteiger charge is 2.04. The van der Waals surface area contributed by atoms with Gasteiger partial charge in [0, 0.05) is 6.54 Å². The molecule has 0 aliphatic carbocycles. The van der Waals surface area contributed by atoms with Gasteiger partial charge in [0.15, 0.2) is 9.84 Å². The summed E-state index contributed by atoms with van der Waals surface area (Å²) in [5, 5.41) is 0. The molecule has 0 atom stereocenters. The first-order valence-electron chi connectivity index (χ1n) is 2.64. The van der Waals surface area contributed by atoms with Gasteiger partial charge >= 0.3 is 0 Å². The van der Waals surface area contributed by atoms with Gasteiger partial charge in [-0.15, -0.1) is 19.0 Å². The lowest BCUT2D eigenvalue weighted by Crippen LogP contribution is -2.17. The molecule has 0 spiro atoms. The largest absolute Gasteiger partial charge is 0.329 e. The Morgan fingerprint density at radius 3 is 2.30 bits per heavy atom. The first-order chi connectivity index (χ1) is 4.12. The molecule has 0 saturated carbocycles. The monoisotopic (exact) mass is 185 g/mol. The fourth-order valence-corrected chi connectivity index (χ4v) is 1.33. The maximum Gasteiger partial charge on any atom is 0.155 e. The highest BCUT2D eigenvalue weighted by Crippen LogP contribution is 1.87. The average Bonchev–Trinajstić information content (AvgIpc) is 1.64. The average molecular weight is 186 g/mol. The molecule has 0 rings (SSSR count). The predicted octanol–water partition coefficient (Wildman–Crippen LogP) is -0.0323. The third-order valence-corrected chi connectivity index (χ3v) is 2.40. The number of hydrogen-bond donors (Lipinski definition) is 1. The summed E-state index contributed by atoms with van der Waals surface area (Å²) in [6.07, 6.45) is 1.37. The van der Waals surface area contributed by atoms with Crippen molar-refractivity contribution in [2.75, 3.05) is 18.1 Å². The van der Waals surface area contributed by atoms with Crippen molar-refractivity contribution >= 4 is 22.2 Å². The van der Waals surface area contributed by atoms with Crippen molar-refractivity contribution in [2.24, 2.45) is 5.73 Å². The molecule has 0 bridgehead atoms. The molecule has 0 aliphatic heterocycles. The summed E-state index contributed by atoms with van der Waals surface area (Å²) < 4.78 is 21.4. The maximum atomic E-state index is 10.7. The van der Waals surface area contributed by atoms with Crippen LogP contribution >= 0.6 is 12.4 Å². The lowest BCUT2D eigenvalue weighted by Gasteiger charge is -1.94. The Balaban J connectivity index is 0. The van der Waals surface area contributed by atoms with E-state index in [-0.39, 0.29) is 30.5 Å². The van der Waals surface area contributed by atoms with Crippen LogP contribution in [0.15, 0.2) is 12.7 Å². The number of nitrogens with two attached hydrogens (primary N) is 1. The highest BCUT2D eigenvalue weighted by atomic mass is 35.5. The summed E-state index contributed by atoms with van der Waals surface area (Å²) in [5.41, 5.74) is 5.03. The summed E-state index contributed by atoms with van der Waals surface area (Å²) >= 11 is 0. The summed E-state index contributed by atoms with van der Waals surface area (Å²) in [6.45, 7) is 3.50. The first kappa shape index (κ1) is 12.6. The summed E-state index contributed by atoms with van der Waals surface area (Å²) in [6, 6.07) is 0. The van der Waals surface area contributed by atoms with Crippen LogP contribution in [0.1, 0.15) is 0 Å². The third-order valence-electron chi connectivity index (χ3n) is 0.801.